The van der Waals surface area contributed by atoms with Gasteiger partial charge in [0, 0.05) is 5.54 Å². The molecular formula is C69H64Si. The molecular weight excluding hydrogens is 857 g/mol. The zero-order valence-electron chi connectivity index (χ0n) is 42.6. The zero-order valence-corrected chi connectivity index (χ0v) is 43.6. The van der Waals surface area contributed by atoms with Gasteiger partial charge in [0.2, 0.25) is 0 Å². The van der Waals surface area contributed by atoms with E-state index < -0.39 is 8.07 Å². The first-order valence-corrected chi connectivity index (χ1v) is 27.1. The average molecular weight is 921 g/mol. The van der Waals surface area contributed by atoms with Gasteiger partial charge in [-0.25, -0.2) is 0 Å². The van der Waals surface area contributed by atoms with Crippen LogP contribution in [0.4, 0.5) is 0 Å². The molecule has 9 aromatic rings. The minimum Gasteiger partial charge on any atom is -0.0647 e. The molecule has 0 nitrogen and oxygen atoms in total. The Hall–Kier alpha value is -7.32. The number of rotatable bonds is 10. The maximum Gasteiger partial charge on any atom is 0.160 e. The van der Waals surface area contributed by atoms with Gasteiger partial charge in [-0.15, -0.1) is 0 Å². The van der Waals surface area contributed by atoms with Crippen LogP contribution >= 0.6 is 0 Å². The molecule has 0 bridgehead atoms. The largest absolute Gasteiger partial charge is 0.160 e. The minimum absolute atomic E-state index is 0.100. The Kier molecular flexibility index (Phi) is 12.5. The molecule has 0 saturated heterocycles. The van der Waals surface area contributed by atoms with Crippen LogP contribution in [0.15, 0.2) is 222 Å². The van der Waals surface area contributed by atoms with Crippen molar-refractivity contribution < 1.29 is 0 Å². The molecule has 10 rings (SSSR count). The fraction of sp³-hybridized carbons (Fsp3) is 0.159. The third-order valence-corrected chi connectivity index (χ3v) is 22.1. The summed E-state index contributed by atoms with van der Waals surface area (Å²) in [6, 6.07) is 75.3. The zero-order chi connectivity index (χ0) is 48.8. The van der Waals surface area contributed by atoms with E-state index in [1.54, 1.807) is 0 Å². The van der Waals surface area contributed by atoms with Crippen molar-refractivity contribution in [3.05, 3.63) is 256 Å². The van der Waals surface area contributed by atoms with Crippen molar-refractivity contribution in [1.29, 1.82) is 0 Å². The normalized spacial score (nSPS) is 13.1. The van der Waals surface area contributed by atoms with E-state index in [4.69, 9.17) is 0 Å². The average Bonchev–Trinajstić information content (AvgIpc) is 3.58. The van der Waals surface area contributed by atoms with E-state index in [1.807, 2.05) is 0 Å². The highest BCUT2D eigenvalue weighted by Gasteiger charge is 2.54. The lowest BCUT2D eigenvalue weighted by Gasteiger charge is -2.45. The molecule has 0 spiro atoms. The fourth-order valence-electron chi connectivity index (χ4n) is 12.7. The van der Waals surface area contributed by atoms with Gasteiger partial charge >= 0.3 is 0 Å². The second-order valence-corrected chi connectivity index (χ2v) is 23.7. The lowest BCUT2D eigenvalue weighted by Crippen LogP contribution is -2.72. The third kappa shape index (κ3) is 7.59. The van der Waals surface area contributed by atoms with E-state index in [-0.39, 0.29) is 5.54 Å². The summed E-state index contributed by atoms with van der Waals surface area (Å²) in [7, 11) is -3.50. The Balaban J connectivity index is 1.54. The van der Waals surface area contributed by atoms with Gasteiger partial charge < -0.3 is 0 Å². The van der Waals surface area contributed by atoms with Gasteiger partial charge in [0.25, 0.3) is 0 Å². The molecule has 0 saturated carbocycles. The van der Waals surface area contributed by atoms with E-state index in [0.29, 0.717) is 0 Å². The van der Waals surface area contributed by atoms with Gasteiger partial charge in [-0.3, -0.25) is 0 Å². The van der Waals surface area contributed by atoms with Gasteiger partial charge in [0.1, 0.15) is 0 Å². The summed E-state index contributed by atoms with van der Waals surface area (Å²) in [6.45, 7) is 24.2. The van der Waals surface area contributed by atoms with Crippen molar-refractivity contribution in [2.75, 3.05) is 0 Å². The first-order valence-electron chi connectivity index (χ1n) is 25.1. The Labute approximate surface area is 418 Å². The summed E-state index contributed by atoms with van der Waals surface area (Å²) in [6.07, 6.45) is 0. The van der Waals surface area contributed by atoms with Crippen molar-refractivity contribution in [3.8, 4) is 66.8 Å². The first-order chi connectivity index (χ1) is 33.9. The summed E-state index contributed by atoms with van der Waals surface area (Å²) in [5.41, 5.74) is 29.3. The monoisotopic (exact) mass is 920 g/mol. The van der Waals surface area contributed by atoms with E-state index in [0.717, 1.165) is 0 Å². The van der Waals surface area contributed by atoms with Gasteiger partial charge in [-0.2, -0.15) is 0 Å². The maximum absolute atomic E-state index is 3.50. The fourth-order valence-corrected chi connectivity index (χ4v) is 19.5. The lowest BCUT2D eigenvalue weighted by atomic mass is 9.89. The van der Waals surface area contributed by atoms with E-state index in [1.165, 1.54) is 138 Å². The Morgan fingerprint density at radius 2 is 0.471 bits per heavy atom. The molecule has 0 heterocycles. The molecule has 1 aliphatic rings. The second-order valence-electron chi connectivity index (χ2n) is 19.8. The molecule has 0 amide bonds. The van der Waals surface area contributed by atoms with Crippen molar-refractivity contribution in [1.82, 2.24) is 0 Å². The van der Waals surface area contributed by atoms with E-state index in [9.17, 15) is 0 Å². The van der Waals surface area contributed by atoms with Crippen molar-refractivity contribution >= 4 is 23.6 Å². The molecule has 0 aromatic heterocycles. The third-order valence-electron chi connectivity index (χ3n) is 16.3. The van der Waals surface area contributed by atoms with Crippen LogP contribution in [0, 0.1) is 41.5 Å². The molecule has 0 N–H and O–H groups in total. The van der Waals surface area contributed by atoms with E-state index in [2.05, 4.69) is 269 Å². The molecule has 70 heavy (non-hydrogen) atoms. The molecule has 1 heteroatoms. The predicted molar refractivity (Wildman–Crippen MR) is 306 cm³/mol. The summed E-state index contributed by atoms with van der Waals surface area (Å²) in [5.74, 6) is 0. The SMILES string of the molecule is CC1=C(C)C([Si](c2cc(-c3ccccc3)c(C)c(-c3ccccc3)c2C)(c2cc(-c3ccccc3)c(C)c(-c3ccccc3)c2C)c2cc(-c3ccccc3)c(C)c(-c3ccccc3)c2C)C(C)=C1C. The number of hydrogen-bond donors (Lipinski definition) is 0. The number of allylic oxidation sites excluding steroid dienone is 4. The highest BCUT2D eigenvalue weighted by molar-refractivity contribution is 7.14. The van der Waals surface area contributed by atoms with Gasteiger partial charge in [-0.05, 0) is 196 Å². The molecule has 0 fully saturated rings. The summed E-state index contributed by atoms with van der Waals surface area (Å²) in [4.78, 5) is 0. The van der Waals surface area contributed by atoms with Crippen LogP contribution < -0.4 is 15.6 Å². The standard InChI is InChI=1S/C69H64Si/c1-44-45(2)47(4)69(46(44)3)70(63-41-60(54-29-17-11-18-30-54)48(5)66(51(63)8)57-35-23-14-24-36-57,64-42-61(55-31-19-12-20-32-55)49(6)67(52(64)9)58-37-25-15-26-38-58)65-43-62(56-33-21-13-22-34-56)50(7)68(53(65)10)59-39-27-16-28-40-59/h11-43,69H,1-10H3. The van der Waals surface area contributed by atoms with Crippen LogP contribution in [-0.4, -0.2) is 8.07 Å². The molecule has 0 aliphatic heterocycles. The van der Waals surface area contributed by atoms with Crippen LogP contribution in [0.5, 0.6) is 0 Å². The minimum atomic E-state index is -3.50. The van der Waals surface area contributed by atoms with Crippen LogP contribution in [-0.2, 0) is 0 Å². The summed E-state index contributed by atoms with van der Waals surface area (Å²) < 4.78 is 0. The van der Waals surface area contributed by atoms with Crippen molar-refractivity contribution in [2.45, 2.75) is 74.8 Å². The molecule has 0 atom stereocenters. The van der Waals surface area contributed by atoms with Gasteiger partial charge in [-0.1, -0.05) is 211 Å². The van der Waals surface area contributed by atoms with Crippen LogP contribution in [0.1, 0.15) is 61.1 Å². The Morgan fingerprint density at radius 1 is 0.257 bits per heavy atom. The molecule has 9 aromatic carbocycles. The second kappa shape index (κ2) is 18.9. The highest BCUT2D eigenvalue weighted by Crippen LogP contribution is 2.50. The summed E-state index contributed by atoms with van der Waals surface area (Å²) >= 11 is 0. The van der Waals surface area contributed by atoms with Gasteiger partial charge in [0.15, 0.2) is 8.07 Å². The molecule has 0 radical (unpaired) electrons. The quantitative estimate of drug-likeness (QED) is 0.0947. The molecule has 344 valence electrons. The van der Waals surface area contributed by atoms with Crippen molar-refractivity contribution in [2.24, 2.45) is 0 Å². The highest BCUT2D eigenvalue weighted by atomic mass is 28.3. The Bertz CT molecular complexity index is 3110. The number of benzene rings is 9. The smallest absolute Gasteiger partial charge is 0.0647 e. The molecule has 1 aliphatic carbocycles. The first kappa shape index (κ1) is 46.4. The topological polar surface area (TPSA) is 0 Å². The predicted octanol–water partition coefficient (Wildman–Crippen LogP) is 17.1. The van der Waals surface area contributed by atoms with Crippen LogP contribution in [0.25, 0.3) is 66.8 Å². The number of hydrogen-bond acceptors (Lipinski definition) is 0. The van der Waals surface area contributed by atoms with E-state index >= 15 is 0 Å². The van der Waals surface area contributed by atoms with Crippen LogP contribution in [0.3, 0.4) is 0 Å². The summed E-state index contributed by atoms with van der Waals surface area (Å²) in [5, 5.41) is 4.41. The van der Waals surface area contributed by atoms with Gasteiger partial charge in [0.05, 0.1) is 0 Å². The maximum atomic E-state index is 2.69. The van der Waals surface area contributed by atoms with Crippen molar-refractivity contribution in [3.63, 3.8) is 0 Å². The Morgan fingerprint density at radius 3 is 0.700 bits per heavy atom. The lowest BCUT2D eigenvalue weighted by molar-refractivity contribution is 1.09. The molecule has 0 unspecified atom stereocenters. The van der Waals surface area contributed by atoms with Crippen LogP contribution in [0.2, 0.25) is 5.54 Å².